The van der Waals surface area contributed by atoms with Crippen LogP contribution in [0, 0.1) is 18.3 Å². The van der Waals surface area contributed by atoms with E-state index in [9.17, 15) is 4.79 Å². The number of rotatable bonds is 3. The van der Waals surface area contributed by atoms with Crippen LogP contribution >= 0.6 is 0 Å². The largest absolute Gasteiger partial charge is 0.417 e. The molecule has 0 radical (unpaired) electrons. The molecule has 6 heteroatoms. The first-order chi connectivity index (χ1) is 11.0. The van der Waals surface area contributed by atoms with E-state index in [0.717, 1.165) is 17.0 Å². The molecule has 0 fully saturated rings. The van der Waals surface area contributed by atoms with E-state index in [1.54, 1.807) is 24.7 Å². The van der Waals surface area contributed by atoms with Crippen LogP contribution < -0.4 is 4.74 Å². The summed E-state index contributed by atoms with van der Waals surface area (Å²) >= 11 is 0. The zero-order valence-corrected chi connectivity index (χ0v) is 12.8. The van der Waals surface area contributed by atoms with Gasteiger partial charge in [0.1, 0.15) is 5.69 Å². The molecule has 0 aliphatic carbocycles. The van der Waals surface area contributed by atoms with E-state index in [-0.39, 0.29) is 0 Å². The SMILES string of the molecule is C=CC(=O)Oc1c(C)nn(C)c1-n1ccc2cc(C#N)ccc21. The predicted octanol–water partition coefficient (Wildman–Crippen LogP) is 2.64. The highest BCUT2D eigenvalue weighted by atomic mass is 16.5. The van der Waals surface area contributed by atoms with Gasteiger partial charge in [-0.05, 0) is 31.2 Å². The second-order valence-corrected chi connectivity index (χ2v) is 5.06. The predicted molar refractivity (Wildman–Crippen MR) is 85.3 cm³/mol. The van der Waals surface area contributed by atoms with Gasteiger partial charge in [-0.1, -0.05) is 6.58 Å². The Labute approximate surface area is 132 Å². The van der Waals surface area contributed by atoms with Gasteiger partial charge in [0.15, 0.2) is 11.6 Å². The summed E-state index contributed by atoms with van der Waals surface area (Å²) in [6.45, 7) is 5.19. The van der Waals surface area contributed by atoms with Crippen LogP contribution in [-0.2, 0) is 11.8 Å². The summed E-state index contributed by atoms with van der Waals surface area (Å²) in [5, 5.41) is 14.2. The number of esters is 1. The van der Waals surface area contributed by atoms with Crippen LogP contribution in [0.25, 0.3) is 16.7 Å². The molecule has 3 rings (SSSR count). The van der Waals surface area contributed by atoms with E-state index < -0.39 is 5.97 Å². The molecule has 0 amide bonds. The molecule has 23 heavy (non-hydrogen) atoms. The molecule has 0 spiro atoms. The lowest BCUT2D eigenvalue weighted by atomic mass is 10.2. The van der Waals surface area contributed by atoms with Crippen LogP contribution in [0.4, 0.5) is 0 Å². The van der Waals surface area contributed by atoms with E-state index in [1.165, 1.54) is 0 Å². The van der Waals surface area contributed by atoms with Crippen molar-refractivity contribution in [2.75, 3.05) is 0 Å². The zero-order chi connectivity index (χ0) is 16.6. The fourth-order valence-electron chi connectivity index (χ4n) is 2.55. The molecule has 3 aromatic rings. The Hall–Kier alpha value is -3.33. The summed E-state index contributed by atoms with van der Waals surface area (Å²) in [4.78, 5) is 11.6. The maximum atomic E-state index is 11.6. The number of nitrogens with zero attached hydrogens (tertiary/aromatic N) is 4. The number of benzene rings is 1. The number of hydrogen-bond donors (Lipinski definition) is 0. The van der Waals surface area contributed by atoms with Gasteiger partial charge >= 0.3 is 5.97 Å². The van der Waals surface area contributed by atoms with Crippen LogP contribution in [0.5, 0.6) is 5.75 Å². The van der Waals surface area contributed by atoms with Crippen molar-refractivity contribution in [1.82, 2.24) is 14.3 Å². The standard InChI is InChI=1S/C17H14N4O2/c1-4-15(22)23-16-11(2)19-20(3)17(16)21-8-7-13-9-12(10-18)5-6-14(13)21/h4-9H,1H2,2-3H3. The number of nitriles is 1. The van der Waals surface area contributed by atoms with Crippen molar-refractivity contribution in [1.29, 1.82) is 5.26 Å². The van der Waals surface area contributed by atoms with Crippen LogP contribution in [-0.4, -0.2) is 20.3 Å². The Kier molecular flexibility index (Phi) is 3.47. The van der Waals surface area contributed by atoms with Crippen molar-refractivity contribution in [3.05, 3.63) is 54.4 Å². The summed E-state index contributed by atoms with van der Waals surface area (Å²) < 4.78 is 8.88. The molecule has 1 aromatic carbocycles. The van der Waals surface area contributed by atoms with Gasteiger partial charge in [0.25, 0.3) is 0 Å². The quantitative estimate of drug-likeness (QED) is 0.551. The molecular weight excluding hydrogens is 292 g/mol. The van der Waals surface area contributed by atoms with Gasteiger partial charge in [0.05, 0.1) is 17.1 Å². The molecule has 0 aliphatic rings. The summed E-state index contributed by atoms with van der Waals surface area (Å²) in [7, 11) is 1.78. The number of aromatic nitrogens is 3. The van der Waals surface area contributed by atoms with Crippen molar-refractivity contribution in [3.8, 4) is 17.6 Å². The highest BCUT2D eigenvalue weighted by molar-refractivity contribution is 5.86. The lowest BCUT2D eigenvalue weighted by Gasteiger charge is -2.09. The molecule has 0 aliphatic heterocycles. The fourth-order valence-corrected chi connectivity index (χ4v) is 2.55. The molecule has 2 aromatic heterocycles. The van der Waals surface area contributed by atoms with Gasteiger partial charge in [-0.15, -0.1) is 0 Å². The molecule has 114 valence electrons. The highest BCUT2D eigenvalue weighted by Crippen LogP contribution is 2.30. The van der Waals surface area contributed by atoms with Crippen molar-refractivity contribution in [2.24, 2.45) is 7.05 Å². The molecular formula is C17H14N4O2. The minimum Gasteiger partial charge on any atom is -0.417 e. The molecule has 0 saturated heterocycles. The van der Waals surface area contributed by atoms with Crippen LogP contribution in [0.15, 0.2) is 43.1 Å². The molecule has 2 heterocycles. The molecule has 6 nitrogen and oxygen atoms in total. The van der Waals surface area contributed by atoms with Crippen molar-refractivity contribution < 1.29 is 9.53 Å². The Morgan fingerprint density at radius 2 is 2.22 bits per heavy atom. The molecule has 0 N–H and O–H groups in total. The normalized spacial score (nSPS) is 10.5. The van der Waals surface area contributed by atoms with Gasteiger partial charge < -0.3 is 4.74 Å². The van der Waals surface area contributed by atoms with Gasteiger partial charge in [-0.25, -0.2) is 9.48 Å². The van der Waals surface area contributed by atoms with E-state index in [2.05, 4.69) is 17.7 Å². The average molecular weight is 306 g/mol. The second-order valence-electron chi connectivity index (χ2n) is 5.06. The average Bonchev–Trinajstić information content (AvgIpc) is 3.07. The lowest BCUT2D eigenvalue weighted by Crippen LogP contribution is -2.08. The Morgan fingerprint density at radius 3 is 2.91 bits per heavy atom. The fraction of sp³-hybridized carbons (Fsp3) is 0.118. The number of carbonyl (C=O) groups excluding carboxylic acids is 1. The summed E-state index contributed by atoms with van der Waals surface area (Å²) in [5.74, 6) is 0.488. The van der Waals surface area contributed by atoms with Crippen LogP contribution in [0.3, 0.4) is 0 Å². The first-order valence-corrected chi connectivity index (χ1v) is 6.94. The maximum Gasteiger partial charge on any atom is 0.335 e. The molecule has 0 bridgehead atoms. The van der Waals surface area contributed by atoms with E-state index in [4.69, 9.17) is 10.00 Å². The van der Waals surface area contributed by atoms with Gasteiger partial charge in [0.2, 0.25) is 0 Å². The maximum absolute atomic E-state index is 11.6. The zero-order valence-electron chi connectivity index (χ0n) is 12.8. The number of fused-ring (bicyclic) bond motifs is 1. The van der Waals surface area contributed by atoms with Crippen LogP contribution in [0.2, 0.25) is 0 Å². The van der Waals surface area contributed by atoms with E-state index >= 15 is 0 Å². The van der Waals surface area contributed by atoms with Gasteiger partial charge in [-0.3, -0.25) is 4.57 Å². The first-order valence-electron chi connectivity index (χ1n) is 6.94. The number of aryl methyl sites for hydroxylation is 2. The number of hydrogen-bond acceptors (Lipinski definition) is 4. The summed E-state index contributed by atoms with van der Waals surface area (Å²) in [5.41, 5.74) is 2.09. The van der Waals surface area contributed by atoms with Crippen molar-refractivity contribution in [2.45, 2.75) is 6.92 Å². The third-order valence-corrected chi connectivity index (χ3v) is 3.56. The summed E-state index contributed by atoms with van der Waals surface area (Å²) in [6, 6.07) is 9.44. The van der Waals surface area contributed by atoms with Gasteiger partial charge in [-0.2, -0.15) is 10.4 Å². The number of carbonyl (C=O) groups is 1. The third kappa shape index (κ3) is 2.38. The van der Waals surface area contributed by atoms with Gasteiger partial charge in [0, 0.05) is 24.7 Å². The van der Waals surface area contributed by atoms with Crippen molar-refractivity contribution in [3.63, 3.8) is 0 Å². The first kappa shape index (κ1) is 14.6. The smallest absolute Gasteiger partial charge is 0.335 e. The third-order valence-electron chi connectivity index (χ3n) is 3.56. The second kappa shape index (κ2) is 5.46. The Morgan fingerprint density at radius 1 is 1.43 bits per heavy atom. The molecule has 0 atom stereocenters. The summed E-state index contributed by atoms with van der Waals surface area (Å²) in [6.07, 6.45) is 2.97. The Balaban J connectivity index is 2.21. The molecule has 0 saturated carbocycles. The van der Waals surface area contributed by atoms with E-state index in [1.807, 2.05) is 29.0 Å². The monoisotopic (exact) mass is 306 g/mol. The van der Waals surface area contributed by atoms with Crippen LogP contribution in [0.1, 0.15) is 11.3 Å². The minimum atomic E-state index is -0.537. The Bertz CT molecular complexity index is 973. The highest BCUT2D eigenvalue weighted by Gasteiger charge is 2.20. The molecule has 0 unspecified atom stereocenters. The van der Waals surface area contributed by atoms with E-state index in [0.29, 0.717) is 22.8 Å². The topological polar surface area (TPSA) is 72.8 Å². The number of ether oxygens (including phenoxy) is 1. The lowest BCUT2D eigenvalue weighted by molar-refractivity contribution is -0.129. The minimum absolute atomic E-state index is 0.388. The van der Waals surface area contributed by atoms with Crippen molar-refractivity contribution >= 4 is 16.9 Å².